The van der Waals surface area contributed by atoms with Crippen molar-refractivity contribution in [3.63, 3.8) is 0 Å². The van der Waals surface area contributed by atoms with Crippen molar-refractivity contribution in [1.82, 2.24) is 0 Å². The predicted molar refractivity (Wildman–Crippen MR) is 78.7 cm³/mol. The van der Waals surface area contributed by atoms with Crippen LogP contribution in [0.1, 0.15) is 25.8 Å². The van der Waals surface area contributed by atoms with E-state index in [-0.39, 0.29) is 10.6 Å². The number of aliphatic imine (C=N–C) groups is 1. The van der Waals surface area contributed by atoms with E-state index in [0.717, 1.165) is 24.3 Å². The molecule has 110 valence electrons. The molecule has 0 fully saturated rings. The molecule has 0 bridgehead atoms. The summed E-state index contributed by atoms with van der Waals surface area (Å²) in [6.07, 6.45) is -3.48. The minimum Gasteiger partial charge on any atom is -0.334 e. The third kappa shape index (κ3) is 3.41. The van der Waals surface area contributed by atoms with Crippen LogP contribution in [0.5, 0.6) is 0 Å². The van der Waals surface area contributed by atoms with Crippen LogP contribution in [0.4, 0.5) is 18.9 Å². The number of halogens is 4. The lowest BCUT2D eigenvalue weighted by Gasteiger charge is -2.15. The Morgan fingerprint density at radius 2 is 2.15 bits per heavy atom. The molecule has 0 aromatic heterocycles. The first-order chi connectivity index (χ1) is 9.23. The topological polar surface area (TPSA) is 24.4 Å². The van der Waals surface area contributed by atoms with Crippen LogP contribution >= 0.6 is 23.4 Å². The monoisotopic (exact) mass is 322 g/mol. The lowest BCUT2D eigenvalue weighted by atomic mass is 10.0. The lowest BCUT2D eigenvalue weighted by Crippen LogP contribution is -2.20. The zero-order valence-electron chi connectivity index (χ0n) is 11.0. The molecule has 1 aliphatic rings. The fraction of sp³-hybridized carbons (Fsp3) is 0.462. The molecule has 2 nitrogen and oxygen atoms in total. The van der Waals surface area contributed by atoms with Gasteiger partial charge in [0.25, 0.3) is 0 Å². The maximum absolute atomic E-state index is 12.5. The summed E-state index contributed by atoms with van der Waals surface area (Å²) in [5.41, 5.74) is -0.440. The molecule has 0 saturated carbocycles. The molecule has 1 heterocycles. The minimum atomic E-state index is -4.39. The first-order valence-electron chi connectivity index (χ1n) is 6.10. The van der Waals surface area contributed by atoms with Gasteiger partial charge in [0.05, 0.1) is 21.8 Å². The minimum absolute atomic E-state index is 0.0354. The van der Waals surface area contributed by atoms with Crippen LogP contribution in [0, 0.1) is 0 Å². The van der Waals surface area contributed by atoms with Crippen molar-refractivity contribution < 1.29 is 13.2 Å². The van der Waals surface area contributed by atoms with Gasteiger partial charge in [0.15, 0.2) is 5.17 Å². The fourth-order valence-electron chi connectivity index (χ4n) is 1.69. The smallest absolute Gasteiger partial charge is 0.334 e. The van der Waals surface area contributed by atoms with Gasteiger partial charge < -0.3 is 5.32 Å². The van der Waals surface area contributed by atoms with Crippen LogP contribution in [-0.4, -0.2) is 16.5 Å². The second kappa shape index (κ2) is 5.48. The van der Waals surface area contributed by atoms with Crippen molar-refractivity contribution in [2.45, 2.75) is 32.0 Å². The standard InChI is InChI=1S/C13H14ClF3N2S/c1-3-12(2)7-20-11(19-12)18-10-5-4-8(6-9(10)14)13(15,16)17/h4-6H,3,7H2,1-2H3,(H,18,19). The van der Waals surface area contributed by atoms with Crippen LogP contribution in [0.25, 0.3) is 0 Å². The molecule has 1 aromatic carbocycles. The first kappa shape index (κ1) is 15.5. The maximum atomic E-state index is 12.5. The van der Waals surface area contributed by atoms with Crippen molar-refractivity contribution in [3.8, 4) is 0 Å². The molecule has 2 rings (SSSR count). The molecule has 0 spiro atoms. The molecule has 1 N–H and O–H groups in total. The molecule has 0 amide bonds. The van der Waals surface area contributed by atoms with Crippen LogP contribution in [-0.2, 0) is 6.18 Å². The van der Waals surface area contributed by atoms with Crippen LogP contribution in [0.2, 0.25) is 5.02 Å². The third-order valence-electron chi connectivity index (χ3n) is 3.19. The van der Waals surface area contributed by atoms with Gasteiger partial charge in [-0.25, -0.2) is 0 Å². The summed E-state index contributed by atoms with van der Waals surface area (Å²) in [7, 11) is 0. The Balaban J connectivity index is 2.18. The summed E-state index contributed by atoms with van der Waals surface area (Å²) in [5.74, 6) is 0.851. The average molecular weight is 323 g/mol. The van der Waals surface area contributed by atoms with Crippen LogP contribution < -0.4 is 5.32 Å². The summed E-state index contributed by atoms with van der Waals surface area (Å²) in [4.78, 5) is 4.53. The lowest BCUT2D eigenvalue weighted by molar-refractivity contribution is -0.137. The van der Waals surface area contributed by atoms with E-state index in [1.165, 1.54) is 6.07 Å². The van der Waals surface area contributed by atoms with Gasteiger partial charge in [0.1, 0.15) is 0 Å². The zero-order chi connectivity index (χ0) is 15.0. The third-order valence-corrected chi connectivity index (χ3v) is 4.74. The number of nitrogens with zero attached hydrogens (tertiary/aromatic N) is 1. The normalized spacial score (nSPS) is 22.8. The Bertz CT molecular complexity index is 545. The summed E-state index contributed by atoms with van der Waals surface area (Å²) in [5, 5.41) is 3.72. The van der Waals surface area contributed by atoms with Gasteiger partial charge >= 0.3 is 6.18 Å². The Morgan fingerprint density at radius 1 is 1.45 bits per heavy atom. The Morgan fingerprint density at radius 3 is 2.65 bits per heavy atom. The van der Waals surface area contributed by atoms with Crippen molar-refractivity contribution >= 4 is 34.2 Å². The maximum Gasteiger partial charge on any atom is 0.416 e. The van der Waals surface area contributed by atoms with E-state index >= 15 is 0 Å². The molecule has 1 atom stereocenters. The largest absolute Gasteiger partial charge is 0.416 e. The number of alkyl halides is 3. The summed E-state index contributed by atoms with van der Waals surface area (Å²) < 4.78 is 37.6. The highest BCUT2D eigenvalue weighted by Gasteiger charge is 2.32. The number of anilines is 1. The van der Waals surface area contributed by atoms with Gasteiger partial charge in [-0.3, -0.25) is 4.99 Å². The van der Waals surface area contributed by atoms with Crippen molar-refractivity contribution in [2.24, 2.45) is 4.99 Å². The summed E-state index contributed by atoms with van der Waals surface area (Å²) in [6.45, 7) is 4.10. The molecule has 0 aliphatic carbocycles. The number of amidine groups is 1. The Kier molecular flexibility index (Phi) is 4.25. The van der Waals surface area contributed by atoms with Gasteiger partial charge in [0, 0.05) is 5.75 Å². The van der Waals surface area contributed by atoms with Gasteiger partial charge in [-0.2, -0.15) is 13.2 Å². The van der Waals surface area contributed by atoms with E-state index < -0.39 is 11.7 Å². The van der Waals surface area contributed by atoms with Gasteiger partial charge in [-0.15, -0.1) is 0 Å². The number of thioether (sulfide) groups is 1. The highest BCUT2D eigenvalue weighted by molar-refractivity contribution is 8.14. The summed E-state index contributed by atoms with van der Waals surface area (Å²) in [6, 6.07) is 3.26. The van der Waals surface area contributed by atoms with Crippen molar-refractivity contribution in [1.29, 1.82) is 0 Å². The molecule has 1 unspecified atom stereocenters. The summed E-state index contributed by atoms with van der Waals surface area (Å²) >= 11 is 7.44. The van der Waals surface area contributed by atoms with E-state index in [0.29, 0.717) is 10.9 Å². The Labute approximate surface area is 124 Å². The quantitative estimate of drug-likeness (QED) is 0.824. The predicted octanol–water partition coefficient (Wildman–Crippen LogP) is 5.04. The molecular weight excluding hydrogens is 309 g/mol. The van der Waals surface area contributed by atoms with E-state index in [4.69, 9.17) is 11.6 Å². The van der Waals surface area contributed by atoms with E-state index in [9.17, 15) is 13.2 Å². The average Bonchev–Trinajstić information content (AvgIpc) is 2.73. The highest BCUT2D eigenvalue weighted by Crippen LogP contribution is 2.35. The molecule has 20 heavy (non-hydrogen) atoms. The van der Waals surface area contributed by atoms with Crippen molar-refractivity contribution in [2.75, 3.05) is 11.1 Å². The van der Waals surface area contributed by atoms with Crippen LogP contribution in [0.3, 0.4) is 0 Å². The molecule has 0 radical (unpaired) electrons. The molecular formula is C13H14ClF3N2S. The SMILES string of the molecule is CCC1(C)CSC(Nc2ccc(C(F)(F)F)cc2Cl)=N1. The molecule has 7 heteroatoms. The Hall–Kier alpha value is -0.880. The highest BCUT2D eigenvalue weighted by atomic mass is 35.5. The molecule has 0 saturated heterocycles. The number of nitrogens with one attached hydrogen (secondary N) is 1. The van der Waals surface area contributed by atoms with E-state index in [2.05, 4.69) is 17.2 Å². The van der Waals surface area contributed by atoms with Crippen molar-refractivity contribution in [3.05, 3.63) is 28.8 Å². The second-order valence-electron chi connectivity index (χ2n) is 4.87. The van der Waals surface area contributed by atoms with E-state index in [1.807, 2.05) is 6.92 Å². The first-order valence-corrected chi connectivity index (χ1v) is 7.46. The van der Waals surface area contributed by atoms with Gasteiger partial charge in [0.2, 0.25) is 0 Å². The molecule has 1 aromatic rings. The van der Waals surface area contributed by atoms with Crippen LogP contribution in [0.15, 0.2) is 23.2 Å². The van der Waals surface area contributed by atoms with Gasteiger partial charge in [-0.05, 0) is 31.5 Å². The zero-order valence-corrected chi connectivity index (χ0v) is 12.6. The molecule has 1 aliphatic heterocycles. The fourth-order valence-corrected chi connectivity index (χ4v) is 3.10. The number of rotatable bonds is 2. The number of benzene rings is 1. The number of hydrogen-bond acceptors (Lipinski definition) is 3. The van der Waals surface area contributed by atoms with E-state index in [1.54, 1.807) is 11.8 Å². The number of hydrogen-bond donors (Lipinski definition) is 1. The van der Waals surface area contributed by atoms with Gasteiger partial charge in [-0.1, -0.05) is 30.3 Å². The second-order valence-corrected chi connectivity index (χ2v) is 6.24.